The summed E-state index contributed by atoms with van der Waals surface area (Å²) < 4.78 is 6.88. The number of hydrogen-bond donors (Lipinski definition) is 1. The number of rotatable bonds is 6. The van der Waals surface area contributed by atoms with Crippen LogP contribution in [0.4, 0.5) is 0 Å². The van der Waals surface area contributed by atoms with Crippen molar-refractivity contribution in [1.82, 2.24) is 25.1 Å². The third-order valence-electron chi connectivity index (χ3n) is 3.45. The Morgan fingerprint density at radius 3 is 2.83 bits per heavy atom. The van der Waals surface area contributed by atoms with Crippen molar-refractivity contribution in [3.05, 3.63) is 52.2 Å². The van der Waals surface area contributed by atoms with Crippen molar-refractivity contribution < 1.29 is 9.53 Å². The number of nitrogens with one attached hydrogen (secondary N) is 1. The number of carbonyl (C=O) groups excluding carboxylic acids is 1. The van der Waals surface area contributed by atoms with Gasteiger partial charge < -0.3 is 14.6 Å². The van der Waals surface area contributed by atoms with Crippen LogP contribution in [0.1, 0.15) is 20.5 Å². The van der Waals surface area contributed by atoms with Gasteiger partial charge in [-0.15, -0.1) is 21.5 Å². The molecule has 1 aromatic carbocycles. The molecule has 0 bridgehead atoms. The van der Waals surface area contributed by atoms with Crippen molar-refractivity contribution in [1.29, 1.82) is 0 Å². The first-order chi connectivity index (χ1) is 11.7. The zero-order chi connectivity index (χ0) is 16.9. The molecule has 3 rings (SSSR count). The maximum Gasteiger partial charge on any atom is 0.263 e. The van der Waals surface area contributed by atoms with Gasteiger partial charge in [-0.25, -0.2) is 4.98 Å². The van der Waals surface area contributed by atoms with Gasteiger partial charge in [0, 0.05) is 19.7 Å². The predicted molar refractivity (Wildman–Crippen MR) is 90.4 cm³/mol. The van der Waals surface area contributed by atoms with Crippen LogP contribution in [0.25, 0.3) is 11.4 Å². The molecule has 3 aromatic rings. The lowest BCUT2D eigenvalue weighted by molar-refractivity contribution is 0.0953. The highest BCUT2D eigenvalue weighted by Gasteiger charge is 2.14. The van der Waals surface area contributed by atoms with Crippen molar-refractivity contribution in [2.45, 2.75) is 13.2 Å². The van der Waals surface area contributed by atoms with Gasteiger partial charge in [-0.2, -0.15) is 0 Å². The molecular formula is C16H17N5O2S. The number of nitrogens with zero attached hydrogens (tertiary/aromatic N) is 4. The number of carbonyl (C=O) groups is 1. The van der Waals surface area contributed by atoms with Gasteiger partial charge in [0.15, 0.2) is 11.6 Å². The summed E-state index contributed by atoms with van der Waals surface area (Å²) in [7, 11) is 3.48. The number of hydrogen-bond acceptors (Lipinski definition) is 6. The normalized spacial score (nSPS) is 10.8. The number of aromatic nitrogens is 4. The quantitative estimate of drug-likeness (QED) is 0.740. The van der Waals surface area contributed by atoms with Gasteiger partial charge in [0.1, 0.15) is 9.88 Å². The average Bonchev–Trinajstić information content (AvgIpc) is 3.21. The Bertz CT molecular complexity index is 828. The maximum absolute atomic E-state index is 12.2. The van der Waals surface area contributed by atoms with Crippen LogP contribution in [0.2, 0.25) is 0 Å². The topological polar surface area (TPSA) is 81.9 Å². The first kappa shape index (κ1) is 16.3. The smallest absolute Gasteiger partial charge is 0.263 e. The van der Waals surface area contributed by atoms with Crippen LogP contribution in [0.5, 0.6) is 0 Å². The van der Waals surface area contributed by atoms with E-state index in [2.05, 4.69) is 20.5 Å². The first-order valence-corrected chi connectivity index (χ1v) is 8.16. The molecule has 0 aliphatic rings. The standard InChI is InChI=1S/C16H17N5O2S/c1-21-13(19-20-15(21)11-6-4-3-5-7-11)9-18-16(22)12-8-17-14(24-12)10-23-2/h3-8H,9-10H2,1-2H3,(H,18,22). The van der Waals surface area contributed by atoms with Crippen LogP contribution >= 0.6 is 11.3 Å². The van der Waals surface area contributed by atoms with Gasteiger partial charge in [-0.3, -0.25) is 4.79 Å². The minimum Gasteiger partial charge on any atom is -0.378 e. The fraction of sp³-hybridized carbons (Fsp3) is 0.250. The van der Waals surface area contributed by atoms with E-state index in [0.717, 1.165) is 16.4 Å². The van der Waals surface area contributed by atoms with Crippen molar-refractivity contribution in [3.8, 4) is 11.4 Å². The van der Waals surface area contributed by atoms with E-state index in [4.69, 9.17) is 4.74 Å². The van der Waals surface area contributed by atoms with Crippen LogP contribution in [0.15, 0.2) is 36.5 Å². The summed E-state index contributed by atoms with van der Waals surface area (Å²) in [5.74, 6) is 1.27. The van der Waals surface area contributed by atoms with Crippen LogP contribution in [-0.4, -0.2) is 32.8 Å². The third kappa shape index (κ3) is 3.50. The van der Waals surface area contributed by atoms with E-state index in [1.165, 1.54) is 11.3 Å². The predicted octanol–water partition coefficient (Wildman–Crippen LogP) is 2.02. The van der Waals surface area contributed by atoms with E-state index in [9.17, 15) is 4.79 Å². The molecule has 0 aliphatic carbocycles. The van der Waals surface area contributed by atoms with Crippen LogP contribution in [0.3, 0.4) is 0 Å². The minimum absolute atomic E-state index is 0.181. The number of amides is 1. The van der Waals surface area contributed by atoms with E-state index >= 15 is 0 Å². The summed E-state index contributed by atoms with van der Waals surface area (Å²) in [4.78, 5) is 16.9. The second-order valence-corrected chi connectivity index (χ2v) is 6.21. The Hall–Kier alpha value is -2.58. The van der Waals surface area contributed by atoms with Crippen LogP contribution in [-0.2, 0) is 24.9 Å². The summed E-state index contributed by atoms with van der Waals surface area (Å²) in [6.45, 7) is 0.703. The van der Waals surface area contributed by atoms with Crippen molar-refractivity contribution in [3.63, 3.8) is 0 Å². The van der Waals surface area contributed by atoms with Crippen molar-refractivity contribution >= 4 is 17.2 Å². The Labute approximate surface area is 143 Å². The molecule has 2 aromatic heterocycles. The van der Waals surface area contributed by atoms with Gasteiger partial charge in [0.25, 0.3) is 5.91 Å². The monoisotopic (exact) mass is 343 g/mol. The minimum atomic E-state index is -0.181. The summed E-state index contributed by atoms with van der Waals surface area (Å²) in [5, 5.41) is 12.0. The molecular weight excluding hydrogens is 326 g/mol. The largest absolute Gasteiger partial charge is 0.378 e. The molecule has 1 N–H and O–H groups in total. The average molecular weight is 343 g/mol. The number of methoxy groups -OCH3 is 1. The SMILES string of the molecule is COCc1ncc(C(=O)NCc2nnc(-c3ccccc3)n2C)s1. The molecule has 2 heterocycles. The molecule has 0 saturated carbocycles. The second-order valence-electron chi connectivity index (χ2n) is 5.10. The molecule has 0 aliphatic heterocycles. The molecule has 0 atom stereocenters. The highest BCUT2D eigenvalue weighted by molar-refractivity contribution is 7.13. The fourth-order valence-electron chi connectivity index (χ4n) is 2.21. The van der Waals surface area contributed by atoms with Gasteiger partial charge in [0.2, 0.25) is 0 Å². The highest BCUT2D eigenvalue weighted by atomic mass is 32.1. The number of ether oxygens (including phenoxy) is 1. The van der Waals surface area contributed by atoms with E-state index in [-0.39, 0.29) is 5.91 Å². The zero-order valence-electron chi connectivity index (χ0n) is 13.4. The molecule has 0 saturated heterocycles. The summed E-state index contributed by atoms with van der Waals surface area (Å²) in [6, 6.07) is 9.80. The third-order valence-corrected chi connectivity index (χ3v) is 4.42. The number of thiazole rings is 1. The van der Waals surface area contributed by atoms with E-state index in [1.807, 2.05) is 41.9 Å². The van der Waals surface area contributed by atoms with Gasteiger partial charge in [0.05, 0.1) is 19.3 Å². The van der Waals surface area contributed by atoms with Crippen LogP contribution < -0.4 is 5.32 Å². The lowest BCUT2D eigenvalue weighted by Crippen LogP contribution is -2.23. The molecule has 0 unspecified atom stereocenters. The van der Waals surface area contributed by atoms with Gasteiger partial charge >= 0.3 is 0 Å². The Morgan fingerprint density at radius 2 is 2.08 bits per heavy atom. The molecule has 0 fully saturated rings. The summed E-state index contributed by atoms with van der Waals surface area (Å²) in [6.07, 6.45) is 1.56. The van der Waals surface area contributed by atoms with E-state index < -0.39 is 0 Å². The molecule has 24 heavy (non-hydrogen) atoms. The highest BCUT2D eigenvalue weighted by Crippen LogP contribution is 2.17. The zero-order valence-corrected chi connectivity index (χ0v) is 14.2. The van der Waals surface area contributed by atoms with Crippen molar-refractivity contribution in [2.24, 2.45) is 7.05 Å². The maximum atomic E-state index is 12.2. The van der Waals surface area contributed by atoms with Crippen molar-refractivity contribution in [2.75, 3.05) is 7.11 Å². The van der Waals surface area contributed by atoms with E-state index in [1.54, 1.807) is 13.3 Å². The number of benzene rings is 1. The molecule has 0 radical (unpaired) electrons. The molecule has 0 spiro atoms. The lowest BCUT2D eigenvalue weighted by atomic mass is 10.2. The van der Waals surface area contributed by atoms with Crippen LogP contribution in [0, 0.1) is 0 Å². The Balaban J connectivity index is 1.66. The van der Waals surface area contributed by atoms with Gasteiger partial charge in [-0.1, -0.05) is 30.3 Å². The Morgan fingerprint density at radius 1 is 1.29 bits per heavy atom. The lowest BCUT2D eigenvalue weighted by Gasteiger charge is -2.05. The Kier molecular flexibility index (Phi) is 4.97. The molecule has 8 heteroatoms. The molecule has 124 valence electrons. The summed E-state index contributed by atoms with van der Waals surface area (Å²) in [5.41, 5.74) is 0.983. The molecule has 7 nitrogen and oxygen atoms in total. The fourth-order valence-corrected chi connectivity index (χ4v) is 3.01. The second kappa shape index (κ2) is 7.33. The van der Waals surface area contributed by atoms with E-state index in [0.29, 0.717) is 23.9 Å². The first-order valence-electron chi connectivity index (χ1n) is 7.34. The molecule has 1 amide bonds. The summed E-state index contributed by atoms with van der Waals surface area (Å²) >= 11 is 1.32. The van der Waals surface area contributed by atoms with Gasteiger partial charge in [-0.05, 0) is 0 Å².